The zero-order valence-electron chi connectivity index (χ0n) is 9.86. The summed E-state index contributed by atoms with van der Waals surface area (Å²) in [5.74, 6) is 0.0518. The standard InChI is InChI=1S/C12H19N3O/c1-3-6-14-12(16)10(2)15-9-11-4-7-13-8-5-11/h4-5,7-8,10,15H,3,6,9H2,1-2H3,(H,14,16). The lowest BCUT2D eigenvalue weighted by Crippen LogP contribution is -2.42. The van der Waals surface area contributed by atoms with Crippen molar-refractivity contribution in [2.45, 2.75) is 32.9 Å². The highest BCUT2D eigenvalue weighted by atomic mass is 16.2. The number of nitrogens with zero attached hydrogens (tertiary/aromatic N) is 1. The van der Waals surface area contributed by atoms with Crippen molar-refractivity contribution in [2.24, 2.45) is 0 Å². The Morgan fingerprint density at radius 1 is 1.44 bits per heavy atom. The normalized spacial score (nSPS) is 12.1. The van der Waals surface area contributed by atoms with E-state index in [1.807, 2.05) is 26.0 Å². The summed E-state index contributed by atoms with van der Waals surface area (Å²) in [5, 5.41) is 6.02. The molecule has 0 bridgehead atoms. The molecule has 2 N–H and O–H groups in total. The highest BCUT2D eigenvalue weighted by Gasteiger charge is 2.10. The van der Waals surface area contributed by atoms with Gasteiger partial charge in [-0.2, -0.15) is 0 Å². The van der Waals surface area contributed by atoms with Gasteiger partial charge >= 0.3 is 0 Å². The van der Waals surface area contributed by atoms with Crippen molar-refractivity contribution >= 4 is 5.91 Å². The zero-order valence-corrected chi connectivity index (χ0v) is 9.86. The van der Waals surface area contributed by atoms with Crippen molar-refractivity contribution in [3.8, 4) is 0 Å². The minimum absolute atomic E-state index is 0.0518. The average Bonchev–Trinajstić information content (AvgIpc) is 2.34. The second-order valence-corrected chi connectivity index (χ2v) is 3.75. The Kier molecular flexibility index (Phi) is 5.50. The first-order chi connectivity index (χ1) is 7.74. The lowest BCUT2D eigenvalue weighted by Gasteiger charge is -2.13. The molecule has 0 aliphatic carbocycles. The van der Waals surface area contributed by atoms with Crippen molar-refractivity contribution in [3.63, 3.8) is 0 Å². The number of carbonyl (C=O) groups excluding carboxylic acids is 1. The molecule has 0 radical (unpaired) electrons. The van der Waals surface area contributed by atoms with Crippen LogP contribution in [0.25, 0.3) is 0 Å². The van der Waals surface area contributed by atoms with Gasteiger partial charge in [0.25, 0.3) is 0 Å². The molecule has 1 heterocycles. The van der Waals surface area contributed by atoms with Crippen LogP contribution in [0.4, 0.5) is 0 Å². The Bertz CT molecular complexity index is 313. The highest BCUT2D eigenvalue weighted by molar-refractivity contribution is 5.81. The third-order valence-electron chi connectivity index (χ3n) is 2.30. The van der Waals surface area contributed by atoms with Crippen molar-refractivity contribution in [2.75, 3.05) is 6.54 Å². The number of hydrogen-bond donors (Lipinski definition) is 2. The minimum atomic E-state index is -0.167. The fraction of sp³-hybridized carbons (Fsp3) is 0.500. The summed E-state index contributed by atoms with van der Waals surface area (Å²) < 4.78 is 0. The maximum atomic E-state index is 11.5. The van der Waals surface area contributed by atoms with Crippen molar-refractivity contribution < 1.29 is 4.79 Å². The number of amides is 1. The van der Waals surface area contributed by atoms with Gasteiger partial charge < -0.3 is 10.6 Å². The van der Waals surface area contributed by atoms with Gasteiger partial charge in [0.15, 0.2) is 0 Å². The SMILES string of the molecule is CCCNC(=O)C(C)NCc1ccncc1. The first kappa shape index (κ1) is 12.6. The van der Waals surface area contributed by atoms with Gasteiger partial charge in [-0.3, -0.25) is 9.78 Å². The van der Waals surface area contributed by atoms with Crippen LogP contribution in [0, 0.1) is 0 Å². The quantitative estimate of drug-likeness (QED) is 0.756. The van der Waals surface area contributed by atoms with E-state index in [1.54, 1.807) is 12.4 Å². The third-order valence-corrected chi connectivity index (χ3v) is 2.30. The molecule has 1 aromatic rings. The molecule has 1 rings (SSSR count). The van der Waals surface area contributed by atoms with Crippen molar-refractivity contribution in [1.29, 1.82) is 0 Å². The lowest BCUT2D eigenvalue weighted by atomic mass is 10.2. The molecule has 1 amide bonds. The Hall–Kier alpha value is -1.42. The predicted molar refractivity (Wildman–Crippen MR) is 63.8 cm³/mol. The van der Waals surface area contributed by atoms with Gasteiger partial charge in [-0.25, -0.2) is 0 Å². The van der Waals surface area contributed by atoms with Crippen LogP contribution in [0.5, 0.6) is 0 Å². The van der Waals surface area contributed by atoms with Crippen LogP contribution >= 0.6 is 0 Å². The molecule has 1 atom stereocenters. The van der Waals surface area contributed by atoms with E-state index in [2.05, 4.69) is 15.6 Å². The first-order valence-corrected chi connectivity index (χ1v) is 5.64. The van der Waals surface area contributed by atoms with Gasteiger partial charge in [0, 0.05) is 25.5 Å². The molecule has 1 aromatic heterocycles. The van der Waals surface area contributed by atoms with Gasteiger partial charge in [0.05, 0.1) is 6.04 Å². The topological polar surface area (TPSA) is 54.0 Å². The number of pyridine rings is 1. The van der Waals surface area contributed by atoms with E-state index in [-0.39, 0.29) is 11.9 Å². The molecule has 16 heavy (non-hydrogen) atoms. The number of carbonyl (C=O) groups is 1. The molecule has 0 fully saturated rings. The van der Waals surface area contributed by atoms with E-state index in [0.29, 0.717) is 6.54 Å². The highest BCUT2D eigenvalue weighted by Crippen LogP contribution is 1.96. The number of nitrogens with one attached hydrogen (secondary N) is 2. The molecule has 0 aliphatic heterocycles. The monoisotopic (exact) mass is 221 g/mol. The van der Waals surface area contributed by atoms with Gasteiger partial charge in [0.2, 0.25) is 5.91 Å². The molecule has 1 unspecified atom stereocenters. The smallest absolute Gasteiger partial charge is 0.236 e. The molecule has 0 aliphatic rings. The van der Waals surface area contributed by atoms with E-state index in [9.17, 15) is 4.79 Å². The van der Waals surface area contributed by atoms with Crippen LogP contribution in [0.1, 0.15) is 25.8 Å². The van der Waals surface area contributed by atoms with Gasteiger partial charge in [-0.15, -0.1) is 0 Å². The summed E-state index contributed by atoms with van der Waals surface area (Å²) >= 11 is 0. The Morgan fingerprint density at radius 2 is 2.12 bits per heavy atom. The molecule has 0 aromatic carbocycles. The van der Waals surface area contributed by atoms with Crippen LogP contribution in [0.15, 0.2) is 24.5 Å². The maximum Gasteiger partial charge on any atom is 0.236 e. The van der Waals surface area contributed by atoms with Crippen LogP contribution in [-0.4, -0.2) is 23.5 Å². The summed E-state index contributed by atoms with van der Waals surface area (Å²) in [5.41, 5.74) is 1.13. The molecule has 88 valence electrons. The van der Waals surface area contributed by atoms with Crippen molar-refractivity contribution in [3.05, 3.63) is 30.1 Å². The number of hydrogen-bond acceptors (Lipinski definition) is 3. The molecule has 0 spiro atoms. The van der Waals surface area contributed by atoms with Crippen LogP contribution in [-0.2, 0) is 11.3 Å². The average molecular weight is 221 g/mol. The summed E-state index contributed by atoms with van der Waals surface area (Å²) in [6.07, 6.45) is 4.46. The fourth-order valence-corrected chi connectivity index (χ4v) is 1.27. The Labute approximate surface area is 96.5 Å². The van der Waals surface area contributed by atoms with Gasteiger partial charge in [-0.05, 0) is 31.0 Å². The van der Waals surface area contributed by atoms with E-state index in [1.165, 1.54) is 0 Å². The summed E-state index contributed by atoms with van der Waals surface area (Å²) in [6, 6.07) is 3.70. The largest absolute Gasteiger partial charge is 0.355 e. The van der Waals surface area contributed by atoms with Gasteiger partial charge in [0.1, 0.15) is 0 Å². The van der Waals surface area contributed by atoms with E-state index in [0.717, 1.165) is 18.5 Å². The second kappa shape index (κ2) is 6.95. The molecular weight excluding hydrogens is 202 g/mol. The van der Waals surface area contributed by atoms with E-state index >= 15 is 0 Å². The van der Waals surface area contributed by atoms with Crippen LogP contribution < -0.4 is 10.6 Å². The lowest BCUT2D eigenvalue weighted by molar-refractivity contribution is -0.122. The molecular formula is C12H19N3O. The van der Waals surface area contributed by atoms with Gasteiger partial charge in [-0.1, -0.05) is 6.92 Å². The molecule has 4 nitrogen and oxygen atoms in total. The van der Waals surface area contributed by atoms with E-state index in [4.69, 9.17) is 0 Å². The third kappa shape index (κ3) is 4.40. The van der Waals surface area contributed by atoms with Crippen LogP contribution in [0.3, 0.4) is 0 Å². The fourth-order valence-electron chi connectivity index (χ4n) is 1.27. The molecule has 0 saturated carbocycles. The molecule has 0 saturated heterocycles. The number of aromatic nitrogens is 1. The summed E-state index contributed by atoms with van der Waals surface area (Å²) in [6.45, 7) is 5.32. The zero-order chi connectivity index (χ0) is 11.8. The predicted octanol–water partition coefficient (Wildman–Crippen LogP) is 1.09. The number of rotatable bonds is 6. The minimum Gasteiger partial charge on any atom is -0.355 e. The Balaban J connectivity index is 2.29. The summed E-state index contributed by atoms with van der Waals surface area (Å²) in [4.78, 5) is 15.5. The maximum absolute atomic E-state index is 11.5. The first-order valence-electron chi connectivity index (χ1n) is 5.64. The van der Waals surface area contributed by atoms with Crippen LogP contribution in [0.2, 0.25) is 0 Å². The van der Waals surface area contributed by atoms with E-state index < -0.39 is 0 Å². The summed E-state index contributed by atoms with van der Waals surface area (Å²) in [7, 11) is 0. The second-order valence-electron chi connectivity index (χ2n) is 3.75. The molecule has 4 heteroatoms. The Morgan fingerprint density at radius 3 is 2.75 bits per heavy atom. The van der Waals surface area contributed by atoms with Crippen molar-refractivity contribution in [1.82, 2.24) is 15.6 Å².